The molecular weight excluding hydrogens is 548 g/mol. The number of thioether (sulfide) groups is 1. The van der Waals surface area contributed by atoms with Crippen LogP contribution < -0.4 is 0 Å². The van der Waals surface area contributed by atoms with Gasteiger partial charge in [0.15, 0.2) is 0 Å². The first-order chi connectivity index (χ1) is 17.9. The Morgan fingerprint density at radius 1 is 1.19 bits per heavy atom. The van der Waals surface area contributed by atoms with Gasteiger partial charge >= 0.3 is 11.2 Å². The zero-order valence-electron chi connectivity index (χ0n) is 20.1. The first-order valence-electron chi connectivity index (χ1n) is 11.5. The fourth-order valence-electron chi connectivity index (χ4n) is 3.72. The van der Waals surface area contributed by atoms with Crippen molar-refractivity contribution in [1.29, 1.82) is 0 Å². The summed E-state index contributed by atoms with van der Waals surface area (Å²) in [7, 11) is 1.33. The summed E-state index contributed by atoms with van der Waals surface area (Å²) < 4.78 is 4.76. The highest BCUT2D eigenvalue weighted by Gasteiger charge is 2.24. The van der Waals surface area contributed by atoms with Gasteiger partial charge in [0, 0.05) is 47.1 Å². The van der Waals surface area contributed by atoms with Crippen molar-refractivity contribution in [3.63, 3.8) is 0 Å². The molecule has 6 nitrogen and oxygen atoms in total. The molecule has 0 saturated heterocycles. The maximum atomic E-state index is 12.6. The van der Waals surface area contributed by atoms with Crippen molar-refractivity contribution in [2.75, 3.05) is 20.2 Å². The number of amides is 1. The second-order valence-electron chi connectivity index (χ2n) is 8.19. The summed E-state index contributed by atoms with van der Waals surface area (Å²) in [6, 6.07) is 11.5. The molecule has 3 heterocycles. The largest absolute Gasteiger partial charge is 0.465 e. The molecule has 1 atom stereocenters. The van der Waals surface area contributed by atoms with Gasteiger partial charge in [-0.25, -0.2) is 9.80 Å². The van der Waals surface area contributed by atoms with E-state index in [0.717, 1.165) is 33.3 Å². The van der Waals surface area contributed by atoms with Crippen LogP contribution in [0, 0.1) is 11.8 Å². The van der Waals surface area contributed by atoms with Crippen LogP contribution in [-0.4, -0.2) is 52.6 Å². The van der Waals surface area contributed by atoms with Crippen LogP contribution in [-0.2, 0) is 17.6 Å². The molecular formula is C27H25ClN2O4S3. The minimum Gasteiger partial charge on any atom is -0.465 e. The molecule has 2 aromatic heterocycles. The van der Waals surface area contributed by atoms with Gasteiger partial charge in [-0.05, 0) is 65.2 Å². The van der Waals surface area contributed by atoms with Crippen molar-refractivity contribution in [3.8, 4) is 11.8 Å². The number of ether oxygens (including phenoxy) is 1. The van der Waals surface area contributed by atoms with Gasteiger partial charge in [-0.1, -0.05) is 35.6 Å². The van der Waals surface area contributed by atoms with Crippen molar-refractivity contribution in [1.82, 2.24) is 10.0 Å². The Morgan fingerprint density at radius 3 is 2.81 bits per heavy atom. The summed E-state index contributed by atoms with van der Waals surface area (Å²) in [5.41, 5.74) is 2.91. The Morgan fingerprint density at radius 2 is 2.03 bits per heavy atom. The van der Waals surface area contributed by atoms with Crippen LogP contribution >= 0.6 is 46.0 Å². The molecule has 3 aromatic rings. The highest BCUT2D eigenvalue weighted by atomic mass is 35.5. The molecule has 1 amide bonds. The Balaban J connectivity index is 1.32. The van der Waals surface area contributed by atoms with E-state index in [0.29, 0.717) is 42.3 Å². The van der Waals surface area contributed by atoms with E-state index in [4.69, 9.17) is 16.3 Å². The second-order valence-corrected chi connectivity index (χ2v) is 11.4. The number of thiophene rings is 2. The maximum absolute atomic E-state index is 12.6. The predicted octanol–water partition coefficient (Wildman–Crippen LogP) is 6.04. The number of esters is 1. The number of aliphatic hydroxyl groups excluding tert-OH is 1. The lowest BCUT2D eigenvalue weighted by Gasteiger charge is -2.36. The lowest BCUT2D eigenvalue weighted by Crippen LogP contribution is -2.45. The number of rotatable bonds is 9. The van der Waals surface area contributed by atoms with E-state index in [1.165, 1.54) is 18.4 Å². The third kappa shape index (κ3) is 7.63. The van der Waals surface area contributed by atoms with Gasteiger partial charge in [-0.2, -0.15) is 11.3 Å². The van der Waals surface area contributed by atoms with Gasteiger partial charge in [0.25, 0.3) is 0 Å². The predicted molar refractivity (Wildman–Crippen MR) is 151 cm³/mol. The van der Waals surface area contributed by atoms with Crippen molar-refractivity contribution in [2.45, 2.75) is 25.4 Å². The van der Waals surface area contributed by atoms with E-state index in [1.54, 1.807) is 27.8 Å². The molecule has 0 radical (unpaired) electrons. The Labute approximate surface area is 233 Å². The molecule has 0 fully saturated rings. The number of nitrogens with zero attached hydrogens (tertiary/aromatic N) is 2. The van der Waals surface area contributed by atoms with E-state index >= 15 is 0 Å². The van der Waals surface area contributed by atoms with Crippen LogP contribution in [0.4, 0.5) is 4.79 Å². The van der Waals surface area contributed by atoms with E-state index in [-0.39, 0.29) is 5.24 Å². The second kappa shape index (κ2) is 13.2. The fourth-order valence-corrected chi connectivity index (χ4v) is 6.28. The summed E-state index contributed by atoms with van der Waals surface area (Å²) in [6.07, 6.45) is 2.74. The maximum Gasteiger partial charge on any atom is 0.348 e. The van der Waals surface area contributed by atoms with Gasteiger partial charge in [0.1, 0.15) is 4.88 Å². The van der Waals surface area contributed by atoms with E-state index in [9.17, 15) is 14.7 Å². The standard InChI is InChI=1S/C27H25ClN2O4S3/c1-34-26(32)25-17-23(28)24(37-25)8-11-30-27(33)36-14-12-29(30)10-7-22(31)16-21-4-2-3-19(15-21)5-6-20-9-13-35-18-20/h2-4,9,12-15,17-18,22,31H,7-8,10-11,16H2,1H3. The Hall–Kier alpha value is -2.74. The van der Waals surface area contributed by atoms with Gasteiger partial charge in [-0.15, -0.1) is 11.3 Å². The molecule has 1 aliphatic heterocycles. The van der Waals surface area contributed by atoms with Gasteiger partial charge < -0.3 is 9.84 Å². The number of aliphatic hydroxyl groups is 1. The lowest BCUT2D eigenvalue weighted by atomic mass is 10.0. The number of benzene rings is 1. The minimum absolute atomic E-state index is 0.102. The highest BCUT2D eigenvalue weighted by molar-refractivity contribution is 8.16. The summed E-state index contributed by atoms with van der Waals surface area (Å²) in [5, 5.41) is 20.3. The van der Waals surface area contributed by atoms with E-state index in [2.05, 4.69) is 11.8 Å². The molecule has 1 aromatic carbocycles. The molecule has 0 saturated carbocycles. The molecule has 1 N–H and O–H groups in total. The van der Waals surface area contributed by atoms with E-state index in [1.807, 2.05) is 52.3 Å². The van der Waals surface area contributed by atoms with Crippen molar-refractivity contribution >= 4 is 57.2 Å². The first kappa shape index (κ1) is 27.3. The van der Waals surface area contributed by atoms with Crippen LogP contribution in [0.5, 0.6) is 0 Å². The normalized spacial score (nSPS) is 13.9. The lowest BCUT2D eigenvalue weighted by molar-refractivity contribution is 0.0548. The number of methoxy groups -OCH3 is 1. The first-order valence-corrected chi connectivity index (χ1v) is 14.5. The monoisotopic (exact) mass is 572 g/mol. The van der Waals surface area contributed by atoms with Crippen molar-refractivity contribution in [3.05, 3.63) is 90.2 Å². The number of hydrogen-bond donors (Lipinski definition) is 1. The van der Waals surface area contributed by atoms with Gasteiger partial charge in [0.2, 0.25) is 0 Å². The van der Waals surface area contributed by atoms with Gasteiger partial charge in [-0.3, -0.25) is 9.80 Å². The summed E-state index contributed by atoms with van der Waals surface area (Å²) in [4.78, 5) is 25.6. The number of hydrogen-bond acceptors (Lipinski definition) is 8. The fraction of sp³-hybridized carbons (Fsp3) is 0.259. The average molecular weight is 573 g/mol. The highest BCUT2D eigenvalue weighted by Crippen LogP contribution is 2.29. The molecule has 192 valence electrons. The van der Waals surface area contributed by atoms with Crippen LogP contribution in [0.2, 0.25) is 5.02 Å². The zero-order chi connectivity index (χ0) is 26.2. The van der Waals surface area contributed by atoms with E-state index < -0.39 is 12.1 Å². The Bertz CT molecular complexity index is 1330. The number of carbonyl (C=O) groups is 2. The zero-order valence-corrected chi connectivity index (χ0v) is 23.3. The van der Waals surface area contributed by atoms with Crippen LogP contribution in [0.25, 0.3) is 0 Å². The smallest absolute Gasteiger partial charge is 0.348 e. The summed E-state index contributed by atoms with van der Waals surface area (Å²) >= 11 is 10.3. The minimum atomic E-state index is -0.575. The van der Waals surface area contributed by atoms with Crippen LogP contribution in [0.1, 0.15) is 37.7 Å². The van der Waals surface area contributed by atoms with Gasteiger partial charge in [0.05, 0.1) is 18.2 Å². The van der Waals surface area contributed by atoms with Crippen LogP contribution in [0.15, 0.2) is 58.8 Å². The molecule has 1 unspecified atom stereocenters. The van der Waals surface area contributed by atoms with Crippen LogP contribution in [0.3, 0.4) is 0 Å². The Kier molecular flexibility index (Phi) is 9.72. The van der Waals surface area contributed by atoms with Crippen molar-refractivity contribution < 1.29 is 19.4 Å². The molecule has 0 bridgehead atoms. The SMILES string of the molecule is COC(=O)c1cc(Cl)c(CCN2C(=O)SC=CN2CCC(O)Cc2cccc(C#Cc3ccsc3)c2)s1. The molecule has 0 spiro atoms. The average Bonchev–Trinajstić information content (AvgIpc) is 3.55. The molecule has 0 aliphatic carbocycles. The molecule has 10 heteroatoms. The molecule has 37 heavy (non-hydrogen) atoms. The summed E-state index contributed by atoms with van der Waals surface area (Å²) in [6.45, 7) is 0.880. The number of hydrazine groups is 1. The topological polar surface area (TPSA) is 70.1 Å². The summed E-state index contributed by atoms with van der Waals surface area (Å²) in [5.74, 6) is 5.89. The molecule has 4 rings (SSSR count). The van der Waals surface area contributed by atoms with Crippen molar-refractivity contribution in [2.24, 2.45) is 0 Å². The quantitative estimate of drug-likeness (QED) is 0.249. The third-order valence-corrected chi connectivity index (χ3v) is 8.56. The number of carbonyl (C=O) groups excluding carboxylic acids is 2. The number of halogens is 1. The molecule has 1 aliphatic rings. The third-order valence-electron chi connectivity index (χ3n) is 5.58.